The van der Waals surface area contributed by atoms with E-state index >= 15 is 0 Å². The molecule has 25 heavy (non-hydrogen) atoms. The molecule has 136 valence electrons. The molecular weight excluding hydrogens is 320 g/mol. The normalized spacial score (nSPS) is 19.6. The Morgan fingerprint density at radius 1 is 1.28 bits per heavy atom. The molecule has 7 nitrogen and oxygen atoms in total. The van der Waals surface area contributed by atoms with Crippen molar-refractivity contribution in [2.24, 2.45) is 5.73 Å². The number of rotatable bonds is 5. The number of carbonyl (C=O) groups excluding carboxylic acids is 3. The maximum Gasteiger partial charge on any atom is 0.242 e. The van der Waals surface area contributed by atoms with E-state index in [1.165, 1.54) is 4.90 Å². The molecule has 1 aromatic rings. The summed E-state index contributed by atoms with van der Waals surface area (Å²) in [6, 6.07) is 4.76. The van der Waals surface area contributed by atoms with Crippen LogP contribution in [0.25, 0.3) is 0 Å². The Morgan fingerprint density at radius 3 is 2.68 bits per heavy atom. The van der Waals surface area contributed by atoms with E-state index in [0.29, 0.717) is 18.7 Å². The number of anilines is 1. The minimum atomic E-state index is -0.601. The first-order chi connectivity index (χ1) is 11.8. The van der Waals surface area contributed by atoms with Crippen LogP contribution >= 0.6 is 0 Å². The topological polar surface area (TPSA) is 105 Å². The molecule has 0 aromatic heterocycles. The molecule has 2 rings (SSSR count). The number of hydrogen-bond donors (Lipinski definition) is 3. The van der Waals surface area contributed by atoms with Crippen LogP contribution in [0.15, 0.2) is 18.2 Å². The number of nitrogens with two attached hydrogens (primary N) is 1. The Balaban J connectivity index is 2.01. The Kier molecular flexibility index (Phi) is 6.14. The molecule has 0 saturated carbocycles. The fourth-order valence-corrected chi connectivity index (χ4v) is 3.00. The van der Waals surface area contributed by atoms with Crippen LogP contribution < -0.4 is 16.4 Å². The van der Waals surface area contributed by atoms with Crippen LogP contribution in [0.1, 0.15) is 30.9 Å². The van der Waals surface area contributed by atoms with Gasteiger partial charge in [-0.3, -0.25) is 14.4 Å². The van der Waals surface area contributed by atoms with Crippen molar-refractivity contribution in [3.05, 3.63) is 29.3 Å². The van der Waals surface area contributed by atoms with E-state index in [1.54, 1.807) is 6.07 Å². The highest BCUT2D eigenvalue weighted by atomic mass is 16.2. The average Bonchev–Trinajstić information content (AvgIpc) is 2.94. The van der Waals surface area contributed by atoms with Gasteiger partial charge in [-0.05, 0) is 44.4 Å². The molecular formula is C18H26N4O3. The fourth-order valence-electron chi connectivity index (χ4n) is 3.00. The molecule has 1 aliphatic rings. The first-order valence-corrected chi connectivity index (χ1v) is 8.52. The number of aryl methyl sites for hydroxylation is 1. The Bertz CT molecular complexity index is 674. The summed E-state index contributed by atoms with van der Waals surface area (Å²) < 4.78 is 0. The monoisotopic (exact) mass is 346 g/mol. The molecule has 1 fully saturated rings. The third-order valence-corrected chi connectivity index (χ3v) is 4.50. The molecule has 0 aliphatic carbocycles. The summed E-state index contributed by atoms with van der Waals surface area (Å²) in [6.07, 6.45) is 0.103. The van der Waals surface area contributed by atoms with Gasteiger partial charge in [0.2, 0.25) is 17.7 Å². The minimum absolute atomic E-state index is 0.223. The lowest BCUT2D eigenvalue weighted by molar-refractivity contribution is -0.140. The van der Waals surface area contributed by atoms with Crippen LogP contribution in [0.2, 0.25) is 0 Å². The number of likely N-dealkylation sites (N-methyl/N-ethyl adjacent to an activating group) is 1. The highest BCUT2D eigenvalue weighted by Crippen LogP contribution is 2.20. The fraction of sp³-hybridized carbons (Fsp3) is 0.500. The first-order valence-electron chi connectivity index (χ1n) is 8.52. The zero-order valence-corrected chi connectivity index (χ0v) is 15.0. The van der Waals surface area contributed by atoms with Crippen molar-refractivity contribution in [3.8, 4) is 0 Å². The van der Waals surface area contributed by atoms with Crippen molar-refractivity contribution < 1.29 is 14.4 Å². The van der Waals surface area contributed by atoms with Gasteiger partial charge >= 0.3 is 0 Å². The predicted octanol–water partition coefficient (Wildman–Crippen LogP) is 0.696. The highest BCUT2D eigenvalue weighted by Gasteiger charge is 2.38. The van der Waals surface area contributed by atoms with Crippen LogP contribution in [0.4, 0.5) is 5.69 Å². The Labute approximate surface area is 147 Å². The van der Waals surface area contributed by atoms with Gasteiger partial charge < -0.3 is 21.3 Å². The molecule has 0 bridgehead atoms. The van der Waals surface area contributed by atoms with Gasteiger partial charge in [0.25, 0.3) is 0 Å². The largest absolute Gasteiger partial charge is 0.355 e. The number of benzene rings is 1. The number of nitrogens with zero attached hydrogens (tertiary/aromatic N) is 1. The standard InChI is InChI=1S/C18H26N4O3/c1-4-20-18(25)15-8-13(19)10-22(15)17(24)9-16(23)21-14-7-5-6-11(2)12(14)3/h5-7,13,15H,4,8-10,19H2,1-3H3,(H,20,25)(H,21,23)/t13-,15+/m1/s1. The van der Waals surface area contributed by atoms with Gasteiger partial charge in [-0.25, -0.2) is 0 Å². The lowest BCUT2D eigenvalue weighted by atomic mass is 10.1. The summed E-state index contributed by atoms with van der Waals surface area (Å²) in [6.45, 7) is 6.46. The average molecular weight is 346 g/mol. The molecule has 1 aromatic carbocycles. The van der Waals surface area contributed by atoms with Crippen LogP contribution in [0.3, 0.4) is 0 Å². The minimum Gasteiger partial charge on any atom is -0.355 e. The van der Waals surface area contributed by atoms with E-state index in [2.05, 4.69) is 10.6 Å². The van der Waals surface area contributed by atoms with Crippen molar-refractivity contribution in [1.82, 2.24) is 10.2 Å². The predicted molar refractivity (Wildman–Crippen MR) is 95.9 cm³/mol. The molecule has 4 N–H and O–H groups in total. The van der Waals surface area contributed by atoms with Gasteiger partial charge in [-0.2, -0.15) is 0 Å². The third-order valence-electron chi connectivity index (χ3n) is 4.50. The lowest BCUT2D eigenvalue weighted by Gasteiger charge is -2.23. The summed E-state index contributed by atoms with van der Waals surface area (Å²) in [5.41, 5.74) is 8.62. The van der Waals surface area contributed by atoms with Crippen LogP contribution in [0.5, 0.6) is 0 Å². The maximum absolute atomic E-state index is 12.5. The number of hydrogen-bond acceptors (Lipinski definition) is 4. The molecule has 1 heterocycles. The first kappa shape index (κ1) is 18.9. The van der Waals surface area contributed by atoms with Gasteiger partial charge in [0.15, 0.2) is 0 Å². The second-order valence-corrected chi connectivity index (χ2v) is 6.42. The van der Waals surface area contributed by atoms with Gasteiger partial charge in [-0.15, -0.1) is 0 Å². The smallest absolute Gasteiger partial charge is 0.242 e. The summed E-state index contributed by atoms with van der Waals surface area (Å²) in [4.78, 5) is 38.2. The van der Waals surface area contributed by atoms with Crippen molar-refractivity contribution in [1.29, 1.82) is 0 Å². The Hall–Kier alpha value is -2.41. The summed E-state index contributed by atoms with van der Waals surface area (Å²) >= 11 is 0. The van der Waals surface area contributed by atoms with Crippen molar-refractivity contribution in [3.63, 3.8) is 0 Å². The SMILES string of the molecule is CCNC(=O)[C@@H]1C[C@@H](N)CN1C(=O)CC(=O)Nc1cccc(C)c1C. The maximum atomic E-state index is 12.5. The quantitative estimate of drug-likeness (QED) is 0.683. The summed E-state index contributed by atoms with van der Waals surface area (Å²) in [5.74, 6) is -1.00. The summed E-state index contributed by atoms with van der Waals surface area (Å²) in [5, 5.41) is 5.48. The molecule has 7 heteroatoms. The molecule has 0 unspecified atom stereocenters. The van der Waals surface area contributed by atoms with E-state index in [4.69, 9.17) is 5.73 Å². The van der Waals surface area contributed by atoms with E-state index in [-0.39, 0.29) is 30.8 Å². The second kappa shape index (κ2) is 8.11. The van der Waals surface area contributed by atoms with Crippen molar-refractivity contribution in [2.75, 3.05) is 18.4 Å². The lowest BCUT2D eigenvalue weighted by Crippen LogP contribution is -2.46. The zero-order valence-electron chi connectivity index (χ0n) is 15.0. The van der Waals surface area contributed by atoms with Crippen LogP contribution in [0, 0.1) is 13.8 Å². The van der Waals surface area contributed by atoms with Crippen LogP contribution in [-0.2, 0) is 14.4 Å². The van der Waals surface area contributed by atoms with Crippen molar-refractivity contribution in [2.45, 2.75) is 45.7 Å². The van der Waals surface area contributed by atoms with Gasteiger partial charge in [0.05, 0.1) is 0 Å². The number of likely N-dealkylation sites (tertiary alicyclic amines) is 1. The molecule has 0 spiro atoms. The molecule has 2 atom stereocenters. The Morgan fingerprint density at radius 2 is 2.00 bits per heavy atom. The van der Waals surface area contributed by atoms with Gasteiger partial charge in [0.1, 0.15) is 12.5 Å². The zero-order chi connectivity index (χ0) is 18.6. The number of amides is 3. The second-order valence-electron chi connectivity index (χ2n) is 6.42. The van der Waals surface area contributed by atoms with E-state index in [1.807, 2.05) is 32.9 Å². The molecule has 3 amide bonds. The molecule has 1 aliphatic heterocycles. The van der Waals surface area contributed by atoms with Crippen molar-refractivity contribution >= 4 is 23.4 Å². The number of nitrogens with one attached hydrogen (secondary N) is 2. The van der Waals surface area contributed by atoms with Gasteiger partial charge in [-0.1, -0.05) is 12.1 Å². The van der Waals surface area contributed by atoms with E-state index in [0.717, 1.165) is 11.1 Å². The third kappa shape index (κ3) is 4.57. The highest BCUT2D eigenvalue weighted by molar-refractivity contribution is 6.05. The molecule has 1 saturated heterocycles. The van der Waals surface area contributed by atoms with E-state index in [9.17, 15) is 14.4 Å². The number of carbonyl (C=O) groups is 3. The van der Waals surface area contributed by atoms with Gasteiger partial charge in [0, 0.05) is 24.8 Å². The summed E-state index contributed by atoms with van der Waals surface area (Å²) in [7, 11) is 0. The van der Waals surface area contributed by atoms with E-state index < -0.39 is 11.9 Å². The molecule has 0 radical (unpaired) electrons. The van der Waals surface area contributed by atoms with Crippen LogP contribution in [-0.4, -0.2) is 47.8 Å².